The Morgan fingerprint density at radius 1 is 1.35 bits per heavy atom. The zero-order valence-corrected chi connectivity index (χ0v) is 12.0. The molecule has 20 heavy (non-hydrogen) atoms. The Bertz CT molecular complexity index is 575. The van der Waals surface area contributed by atoms with E-state index in [2.05, 4.69) is 47.4 Å². The van der Waals surface area contributed by atoms with Crippen LogP contribution in [0.15, 0.2) is 36.7 Å². The van der Waals surface area contributed by atoms with E-state index >= 15 is 0 Å². The van der Waals surface area contributed by atoms with Crippen molar-refractivity contribution in [1.29, 1.82) is 0 Å². The first-order chi connectivity index (χ1) is 9.81. The molecule has 0 fully saturated rings. The van der Waals surface area contributed by atoms with Crippen LogP contribution in [0.25, 0.3) is 0 Å². The van der Waals surface area contributed by atoms with Crippen LogP contribution in [0.1, 0.15) is 29.7 Å². The van der Waals surface area contributed by atoms with E-state index in [1.165, 1.54) is 16.7 Å². The molecule has 0 radical (unpaired) electrons. The third-order valence-electron chi connectivity index (χ3n) is 4.14. The molecule has 0 amide bonds. The molecule has 0 saturated heterocycles. The summed E-state index contributed by atoms with van der Waals surface area (Å²) >= 11 is 0. The van der Waals surface area contributed by atoms with E-state index in [0.29, 0.717) is 12.6 Å². The predicted octanol–water partition coefficient (Wildman–Crippen LogP) is 1.96. The minimum absolute atomic E-state index is 0.324. The Hall–Kier alpha value is -1.65. The maximum absolute atomic E-state index is 6.03. The highest BCUT2D eigenvalue weighted by Gasteiger charge is 2.26. The monoisotopic (exact) mass is 270 g/mol. The number of hydrogen-bond acceptors (Lipinski definition) is 3. The molecule has 1 unspecified atom stereocenters. The number of nitrogens with two attached hydrogens (primary N) is 1. The molecule has 1 aromatic carbocycles. The smallest absolute Gasteiger partial charge is 0.0534 e. The summed E-state index contributed by atoms with van der Waals surface area (Å²) in [6.07, 6.45) is 5.21. The lowest BCUT2D eigenvalue weighted by Crippen LogP contribution is -2.38. The number of hydrogen-bond donors (Lipinski definition) is 1. The molecule has 4 heteroatoms. The van der Waals surface area contributed by atoms with Gasteiger partial charge in [-0.25, -0.2) is 0 Å². The molecular weight excluding hydrogens is 248 g/mol. The molecule has 1 atom stereocenters. The van der Waals surface area contributed by atoms with Gasteiger partial charge in [0.2, 0.25) is 0 Å². The second-order valence-corrected chi connectivity index (χ2v) is 5.38. The fourth-order valence-electron chi connectivity index (χ4n) is 3.06. The Morgan fingerprint density at radius 2 is 2.20 bits per heavy atom. The largest absolute Gasteiger partial charge is 0.329 e. The Kier molecular flexibility index (Phi) is 3.85. The summed E-state index contributed by atoms with van der Waals surface area (Å²) < 4.78 is 1.98. The third-order valence-corrected chi connectivity index (χ3v) is 4.14. The molecule has 0 saturated carbocycles. The molecule has 2 heterocycles. The van der Waals surface area contributed by atoms with Gasteiger partial charge in [0, 0.05) is 44.0 Å². The van der Waals surface area contributed by atoms with E-state index in [1.807, 2.05) is 10.9 Å². The van der Waals surface area contributed by atoms with Gasteiger partial charge in [-0.3, -0.25) is 9.58 Å². The Labute approximate surface area is 120 Å². The summed E-state index contributed by atoms with van der Waals surface area (Å²) in [4.78, 5) is 2.47. The zero-order chi connectivity index (χ0) is 13.9. The highest BCUT2D eigenvalue weighted by molar-refractivity contribution is 5.33. The SMILES string of the molecule is CCn1cc(CN2CCc3ccccc3C2CN)cn1. The molecule has 0 bridgehead atoms. The lowest BCUT2D eigenvalue weighted by atomic mass is 9.92. The van der Waals surface area contributed by atoms with Crippen LogP contribution in [0, 0.1) is 0 Å². The van der Waals surface area contributed by atoms with Crippen LogP contribution in [-0.2, 0) is 19.5 Å². The number of aryl methyl sites for hydroxylation is 1. The summed E-state index contributed by atoms with van der Waals surface area (Å²) in [5.41, 5.74) is 10.1. The van der Waals surface area contributed by atoms with E-state index in [-0.39, 0.29) is 0 Å². The van der Waals surface area contributed by atoms with Crippen molar-refractivity contribution in [2.24, 2.45) is 5.73 Å². The Balaban J connectivity index is 1.80. The van der Waals surface area contributed by atoms with Gasteiger partial charge in [-0.2, -0.15) is 5.10 Å². The van der Waals surface area contributed by atoms with Gasteiger partial charge in [-0.1, -0.05) is 24.3 Å². The standard InChI is InChI=1S/C16H22N4/c1-2-20-12-13(10-18-20)11-19-8-7-14-5-3-4-6-15(14)16(19)9-17/h3-6,10,12,16H,2,7-9,11,17H2,1H3. The molecule has 2 N–H and O–H groups in total. The van der Waals surface area contributed by atoms with Crippen LogP contribution in [0.2, 0.25) is 0 Å². The molecule has 2 aromatic rings. The van der Waals surface area contributed by atoms with Gasteiger partial charge in [0.1, 0.15) is 0 Å². The van der Waals surface area contributed by atoms with E-state index in [1.54, 1.807) is 0 Å². The first-order valence-electron chi connectivity index (χ1n) is 7.35. The van der Waals surface area contributed by atoms with Crippen molar-refractivity contribution >= 4 is 0 Å². The van der Waals surface area contributed by atoms with Crippen LogP contribution in [-0.4, -0.2) is 27.8 Å². The van der Waals surface area contributed by atoms with Gasteiger partial charge in [-0.15, -0.1) is 0 Å². The van der Waals surface area contributed by atoms with Crippen LogP contribution >= 0.6 is 0 Å². The maximum Gasteiger partial charge on any atom is 0.0534 e. The second-order valence-electron chi connectivity index (χ2n) is 5.38. The highest BCUT2D eigenvalue weighted by atomic mass is 15.3. The van der Waals surface area contributed by atoms with Gasteiger partial charge in [0.15, 0.2) is 0 Å². The van der Waals surface area contributed by atoms with E-state index in [9.17, 15) is 0 Å². The van der Waals surface area contributed by atoms with Crippen molar-refractivity contribution in [2.45, 2.75) is 32.5 Å². The number of fused-ring (bicyclic) bond motifs is 1. The molecular formula is C16H22N4. The first-order valence-corrected chi connectivity index (χ1v) is 7.35. The Morgan fingerprint density at radius 3 is 2.95 bits per heavy atom. The first kappa shape index (κ1) is 13.3. The van der Waals surface area contributed by atoms with Gasteiger partial charge in [0.05, 0.1) is 6.20 Å². The van der Waals surface area contributed by atoms with E-state index in [4.69, 9.17) is 5.73 Å². The van der Waals surface area contributed by atoms with Gasteiger partial charge in [0.25, 0.3) is 0 Å². The van der Waals surface area contributed by atoms with Gasteiger partial charge < -0.3 is 5.73 Å². The normalized spacial score (nSPS) is 19.0. The van der Waals surface area contributed by atoms with Crippen molar-refractivity contribution < 1.29 is 0 Å². The van der Waals surface area contributed by atoms with Crippen LogP contribution in [0.3, 0.4) is 0 Å². The number of rotatable bonds is 4. The zero-order valence-electron chi connectivity index (χ0n) is 12.0. The summed E-state index contributed by atoms with van der Waals surface area (Å²) in [5, 5.41) is 4.35. The molecule has 106 valence electrons. The van der Waals surface area contributed by atoms with Crippen LogP contribution < -0.4 is 5.73 Å². The summed E-state index contributed by atoms with van der Waals surface area (Å²) in [7, 11) is 0. The molecule has 0 spiro atoms. The molecule has 0 aliphatic carbocycles. The van der Waals surface area contributed by atoms with E-state index < -0.39 is 0 Å². The minimum atomic E-state index is 0.324. The quantitative estimate of drug-likeness (QED) is 0.924. The number of nitrogens with zero attached hydrogens (tertiary/aromatic N) is 3. The molecule has 1 aliphatic rings. The molecule has 4 nitrogen and oxygen atoms in total. The average Bonchev–Trinajstić information content (AvgIpc) is 2.95. The van der Waals surface area contributed by atoms with Crippen molar-refractivity contribution in [1.82, 2.24) is 14.7 Å². The molecule has 1 aliphatic heterocycles. The van der Waals surface area contributed by atoms with Crippen molar-refractivity contribution in [2.75, 3.05) is 13.1 Å². The van der Waals surface area contributed by atoms with Crippen molar-refractivity contribution in [3.8, 4) is 0 Å². The average molecular weight is 270 g/mol. The third kappa shape index (κ3) is 2.49. The van der Waals surface area contributed by atoms with Gasteiger partial charge >= 0.3 is 0 Å². The topological polar surface area (TPSA) is 47.1 Å². The van der Waals surface area contributed by atoms with Gasteiger partial charge in [-0.05, 0) is 24.5 Å². The fraction of sp³-hybridized carbons (Fsp3) is 0.438. The van der Waals surface area contributed by atoms with Crippen LogP contribution in [0.4, 0.5) is 0 Å². The summed E-state index contributed by atoms with van der Waals surface area (Å²) in [6.45, 7) is 5.69. The van der Waals surface area contributed by atoms with Crippen molar-refractivity contribution in [3.05, 3.63) is 53.3 Å². The van der Waals surface area contributed by atoms with Crippen LogP contribution in [0.5, 0.6) is 0 Å². The predicted molar refractivity (Wildman–Crippen MR) is 80.3 cm³/mol. The van der Waals surface area contributed by atoms with E-state index in [0.717, 1.165) is 26.1 Å². The number of aromatic nitrogens is 2. The molecule has 3 rings (SSSR count). The maximum atomic E-state index is 6.03. The molecule has 1 aromatic heterocycles. The highest BCUT2D eigenvalue weighted by Crippen LogP contribution is 2.29. The van der Waals surface area contributed by atoms with Crippen molar-refractivity contribution in [3.63, 3.8) is 0 Å². The minimum Gasteiger partial charge on any atom is -0.329 e. The fourth-order valence-corrected chi connectivity index (χ4v) is 3.06. The lowest BCUT2D eigenvalue weighted by molar-refractivity contribution is 0.181. The second kappa shape index (κ2) is 5.77. The summed E-state index contributed by atoms with van der Waals surface area (Å²) in [5.74, 6) is 0. The summed E-state index contributed by atoms with van der Waals surface area (Å²) in [6, 6.07) is 9.00. The number of benzene rings is 1. The lowest BCUT2D eigenvalue weighted by Gasteiger charge is -2.36.